The van der Waals surface area contributed by atoms with Crippen molar-refractivity contribution in [2.45, 2.75) is 24.5 Å². The molecule has 2 rings (SSSR count). The van der Waals surface area contributed by atoms with Crippen LogP contribution in [0.3, 0.4) is 0 Å². The Balaban J connectivity index is 2.12. The van der Waals surface area contributed by atoms with Crippen molar-refractivity contribution in [1.29, 1.82) is 0 Å². The molecule has 0 aromatic carbocycles. The molecule has 0 bridgehead atoms. The quantitative estimate of drug-likeness (QED) is 0.770. The minimum absolute atomic E-state index is 0.0314. The Hall–Kier alpha value is -0.810. The maximum absolute atomic E-state index is 12.0. The van der Waals surface area contributed by atoms with E-state index in [1.807, 2.05) is 24.1 Å². The first-order valence-electron chi connectivity index (χ1n) is 5.75. The number of nitrogens with zero attached hydrogens (tertiary/aromatic N) is 2. The SMILES string of the molecule is CN(C(=S)[C@H]1CCCC[S@]1=O)c1cccnc1. The first kappa shape index (κ1) is 12.6. The summed E-state index contributed by atoms with van der Waals surface area (Å²) in [6.45, 7) is 0. The molecule has 2 atom stereocenters. The van der Waals surface area contributed by atoms with Crippen LogP contribution in [0.4, 0.5) is 5.69 Å². The zero-order valence-corrected chi connectivity index (χ0v) is 11.5. The first-order valence-corrected chi connectivity index (χ1v) is 7.54. The molecule has 0 radical (unpaired) electrons. The van der Waals surface area contributed by atoms with Crippen molar-refractivity contribution in [1.82, 2.24) is 4.98 Å². The van der Waals surface area contributed by atoms with Crippen molar-refractivity contribution >= 4 is 33.7 Å². The van der Waals surface area contributed by atoms with Crippen molar-refractivity contribution in [2.75, 3.05) is 17.7 Å². The van der Waals surface area contributed by atoms with Gasteiger partial charge in [0.05, 0.1) is 22.1 Å². The number of aromatic nitrogens is 1. The van der Waals surface area contributed by atoms with E-state index in [0.717, 1.165) is 35.7 Å². The molecule has 1 fully saturated rings. The molecule has 1 aliphatic rings. The van der Waals surface area contributed by atoms with Crippen LogP contribution in [0.2, 0.25) is 0 Å². The summed E-state index contributed by atoms with van der Waals surface area (Å²) in [7, 11) is 1.12. The van der Waals surface area contributed by atoms with E-state index in [4.69, 9.17) is 12.2 Å². The van der Waals surface area contributed by atoms with Crippen molar-refractivity contribution < 1.29 is 4.21 Å². The third kappa shape index (κ3) is 2.90. The average molecular weight is 268 g/mol. The molecule has 17 heavy (non-hydrogen) atoms. The number of thiocarbonyl (C=S) groups is 1. The summed E-state index contributed by atoms with van der Waals surface area (Å²) in [5.41, 5.74) is 0.958. The lowest BCUT2D eigenvalue weighted by atomic mass is 10.2. The molecule has 0 N–H and O–H groups in total. The predicted octanol–water partition coefficient (Wildman–Crippen LogP) is 2.15. The van der Waals surface area contributed by atoms with Crippen LogP contribution in [0.25, 0.3) is 0 Å². The van der Waals surface area contributed by atoms with Gasteiger partial charge in [0.25, 0.3) is 0 Å². The second-order valence-electron chi connectivity index (χ2n) is 4.18. The normalized spacial score (nSPS) is 24.3. The number of pyridine rings is 1. The average Bonchev–Trinajstić information content (AvgIpc) is 2.39. The molecule has 0 spiro atoms. The molecule has 0 saturated carbocycles. The predicted molar refractivity (Wildman–Crippen MR) is 75.9 cm³/mol. The highest BCUT2D eigenvalue weighted by molar-refractivity contribution is 7.89. The van der Waals surface area contributed by atoms with Gasteiger partial charge in [-0.2, -0.15) is 0 Å². The van der Waals surface area contributed by atoms with Gasteiger partial charge < -0.3 is 4.90 Å². The second kappa shape index (κ2) is 5.69. The maximum Gasteiger partial charge on any atom is 0.0979 e. The van der Waals surface area contributed by atoms with Gasteiger partial charge in [0.1, 0.15) is 0 Å². The highest BCUT2D eigenvalue weighted by atomic mass is 32.2. The van der Waals surface area contributed by atoms with Crippen LogP contribution >= 0.6 is 12.2 Å². The van der Waals surface area contributed by atoms with Crippen molar-refractivity contribution in [3.63, 3.8) is 0 Å². The molecule has 1 saturated heterocycles. The summed E-state index contributed by atoms with van der Waals surface area (Å²) in [6.07, 6.45) is 6.63. The highest BCUT2D eigenvalue weighted by Gasteiger charge is 2.27. The molecule has 1 aromatic rings. The Morgan fingerprint density at radius 2 is 2.41 bits per heavy atom. The van der Waals surface area contributed by atoms with Gasteiger partial charge in [0, 0.05) is 29.8 Å². The topological polar surface area (TPSA) is 33.2 Å². The first-order chi connectivity index (χ1) is 8.20. The lowest BCUT2D eigenvalue weighted by molar-refractivity contribution is 0.644. The second-order valence-corrected chi connectivity index (χ2v) is 6.33. The van der Waals surface area contributed by atoms with E-state index < -0.39 is 10.8 Å². The van der Waals surface area contributed by atoms with E-state index in [1.165, 1.54) is 0 Å². The third-order valence-corrected chi connectivity index (χ3v) is 5.51. The van der Waals surface area contributed by atoms with Crippen LogP contribution in [0.15, 0.2) is 24.5 Å². The van der Waals surface area contributed by atoms with E-state index in [0.29, 0.717) is 0 Å². The van der Waals surface area contributed by atoms with E-state index in [2.05, 4.69) is 4.98 Å². The van der Waals surface area contributed by atoms with Crippen LogP contribution in [0, 0.1) is 0 Å². The van der Waals surface area contributed by atoms with Crippen molar-refractivity contribution in [3.05, 3.63) is 24.5 Å². The Kier molecular flexibility index (Phi) is 4.23. The maximum atomic E-state index is 12.0. The fraction of sp³-hybridized carbons (Fsp3) is 0.500. The summed E-state index contributed by atoms with van der Waals surface area (Å²) in [6, 6.07) is 3.84. The molecule has 1 aliphatic heterocycles. The van der Waals surface area contributed by atoms with Crippen molar-refractivity contribution in [2.24, 2.45) is 0 Å². The Morgan fingerprint density at radius 1 is 1.59 bits per heavy atom. The molecular weight excluding hydrogens is 252 g/mol. The molecule has 0 aliphatic carbocycles. The van der Waals surface area contributed by atoms with Gasteiger partial charge in [-0.1, -0.05) is 18.6 Å². The molecule has 2 heterocycles. The fourth-order valence-corrected chi connectivity index (χ4v) is 4.11. The van der Waals surface area contributed by atoms with Crippen LogP contribution in [-0.2, 0) is 10.8 Å². The molecular formula is C12H16N2OS2. The molecule has 92 valence electrons. The van der Waals surface area contributed by atoms with Gasteiger partial charge in [-0.15, -0.1) is 0 Å². The lowest BCUT2D eigenvalue weighted by Gasteiger charge is -2.28. The van der Waals surface area contributed by atoms with Gasteiger partial charge >= 0.3 is 0 Å². The Morgan fingerprint density at radius 3 is 3.06 bits per heavy atom. The van der Waals surface area contributed by atoms with E-state index in [-0.39, 0.29) is 5.25 Å². The van der Waals surface area contributed by atoms with Crippen LogP contribution in [0.5, 0.6) is 0 Å². The van der Waals surface area contributed by atoms with E-state index in [9.17, 15) is 4.21 Å². The van der Waals surface area contributed by atoms with E-state index >= 15 is 0 Å². The monoisotopic (exact) mass is 268 g/mol. The zero-order valence-electron chi connectivity index (χ0n) is 9.83. The Labute approximate surface area is 110 Å². The van der Waals surface area contributed by atoms with Gasteiger partial charge in [-0.25, -0.2) is 0 Å². The molecule has 0 unspecified atom stereocenters. The standard InChI is InChI=1S/C12H16N2OS2/c1-14(10-5-4-7-13-9-10)12(16)11-6-2-3-8-17(11)15/h4-5,7,9,11H,2-3,6,8H2,1H3/t11-,17-/m1/s1. The van der Waals surface area contributed by atoms with Crippen molar-refractivity contribution in [3.8, 4) is 0 Å². The summed E-state index contributed by atoms with van der Waals surface area (Å²) < 4.78 is 12.0. The van der Waals surface area contributed by atoms with Crippen LogP contribution in [0.1, 0.15) is 19.3 Å². The van der Waals surface area contributed by atoms with E-state index in [1.54, 1.807) is 12.4 Å². The third-order valence-electron chi connectivity index (χ3n) is 3.02. The minimum atomic E-state index is -0.806. The number of hydrogen-bond donors (Lipinski definition) is 0. The number of rotatable bonds is 2. The summed E-state index contributed by atoms with van der Waals surface area (Å²) in [5, 5.41) is 0.0314. The zero-order chi connectivity index (χ0) is 12.3. The smallest absolute Gasteiger partial charge is 0.0979 e. The number of anilines is 1. The lowest BCUT2D eigenvalue weighted by Crippen LogP contribution is -2.40. The van der Waals surface area contributed by atoms with Gasteiger partial charge in [-0.3, -0.25) is 9.19 Å². The molecule has 1 aromatic heterocycles. The summed E-state index contributed by atoms with van der Waals surface area (Å²) in [5.74, 6) is 0.783. The van der Waals surface area contributed by atoms with Gasteiger partial charge in [-0.05, 0) is 25.0 Å². The highest BCUT2D eigenvalue weighted by Crippen LogP contribution is 2.21. The summed E-state index contributed by atoms with van der Waals surface area (Å²) in [4.78, 5) is 6.78. The molecule has 0 amide bonds. The fourth-order valence-electron chi connectivity index (χ4n) is 1.98. The van der Waals surface area contributed by atoms with Crippen LogP contribution in [-0.4, -0.2) is 32.2 Å². The van der Waals surface area contributed by atoms with Gasteiger partial charge in [0.15, 0.2) is 0 Å². The Bertz CT molecular complexity index is 422. The molecule has 5 heteroatoms. The molecule has 3 nitrogen and oxygen atoms in total. The minimum Gasteiger partial charge on any atom is -0.337 e. The number of hydrogen-bond acceptors (Lipinski definition) is 3. The van der Waals surface area contributed by atoms with Crippen LogP contribution < -0.4 is 4.90 Å². The summed E-state index contributed by atoms with van der Waals surface area (Å²) >= 11 is 5.46. The largest absolute Gasteiger partial charge is 0.337 e. The van der Waals surface area contributed by atoms with Gasteiger partial charge in [0.2, 0.25) is 0 Å².